The Labute approximate surface area is 69.9 Å². The van der Waals surface area contributed by atoms with Crippen LogP contribution in [0.15, 0.2) is 0 Å². The van der Waals surface area contributed by atoms with Crippen molar-refractivity contribution < 1.29 is 9.47 Å². The van der Waals surface area contributed by atoms with Gasteiger partial charge in [-0.2, -0.15) is 0 Å². The second-order valence-electron chi connectivity index (χ2n) is 3.98. The van der Waals surface area contributed by atoms with E-state index in [1.165, 1.54) is 6.42 Å². The Kier molecular flexibility index (Phi) is 5.51. The van der Waals surface area contributed by atoms with E-state index in [2.05, 4.69) is 20.8 Å². The number of hydrogen-bond acceptors (Lipinski definition) is 2. The summed E-state index contributed by atoms with van der Waals surface area (Å²) >= 11 is 0. The molecular weight excluding hydrogens is 140 g/mol. The maximum Gasteiger partial charge on any atom is 0.146 e. The lowest BCUT2D eigenvalue weighted by atomic mass is 9.91. The Morgan fingerprint density at radius 2 is 1.82 bits per heavy atom. The van der Waals surface area contributed by atoms with E-state index in [4.69, 9.17) is 9.47 Å². The molecule has 0 aliphatic carbocycles. The van der Waals surface area contributed by atoms with Crippen LogP contribution in [0.5, 0.6) is 0 Å². The monoisotopic (exact) mass is 160 g/mol. The molecule has 2 heteroatoms. The Balaban J connectivity index is 3.02. The second kappa shape index (κ2) is 5.56. The van der Waals surface area contributed by atoms with Crippen molar-refractivity contribution in [2.75, 3.05) is 20.5 Å². The van der Waals surface area contributed by atoms with Crippen molar-refractivity contribution in [1.82, 2.24) is 0 Å². The maximum atomic E-state index is 5.16. The molecule has 0 aliphatic heterocycles. The van der Waals surface area contributed by atoms with Crippen LogP contribution in [0.25, 0.3) is 0 Å². The van der Waals surface area contributed by atoms with Crippen molar-refractivity contribution in [1.29, 1.82) is 0 Å². The van der Waals surface area contributed by atoms with Gasteiger partial charge in [0.05, 0.1) is 0 Å². The Bertz CT molecular complexity index is 84.1. The summed E-state index contributed by atoms with van der Waals surface area (Å²) in [6, 6.07) is 0. The zero-order valence-electron chi connectivity index (χ0n) is 8.14. The third-order valence-electron chi connectivity index (χ3n) is 1.42. The minimum Gasteiger partial charge on any atom is -0.359 e. The minimum absolute atomic E-state index is 0.421. The van der Waals surface area contributed by atoms with Gasteiger partial charge >= 0.3 is 0 Å². The molecule has 0 aromatic heterocycles. The topological polar surface area (TPSA) is 18.5 Å². The van der Waals surface area contributed by atoms with Gasteiger partial charge in [0.15, 0.2) is 0 Å². The fourth-order valence-corrected chi connectivity index (χ4v) is 0.847. The first kappa shape index (κ1) is 10.9. The molecule has 0 heterocycles. The molecule has 0 saturated carbocycles. The van der Waals surface area contributed by atoms with Crippen LogP contribution in [0.1, 0.15) is 33.6 Å². The largest absolute Gasteiger partial charge is 0.359 e. The van der Waals surface area contributed by atoms with Crippen molar-refractivity contribution in [3.63, 3.8) is 0 Å². The molecule has 0 unspecified atom stereocenters. The molecule has 0 fully saturated rings. The molecule has 0 amide bonds. The number of hydrogen-bond donors (Lipinski definition) is 0. The molecule has 0 bridgehead atoms. The predicted octanol–water partition coefficient (Wildman–Crippen LogP) is 2.43. The fourth-order valence-electron chi connectivity index (χ4n) is 0.847. The van der Waals surface area contributed by atoms with E-state index in [0.717, 1.165) is 13.0 Å². The second-order valence-corrected chi connectivity index (χ2v) is 3.98. The third kappa shape index (κ3) is 9.92. The molecule has 0 N–H and O–H groups in total. The maximum absolute atomic E-state index is 5.16. The van der Waals surface area contributed by atoms with Crippen LogP contribution < -0.4 is 0 Å². The summed E-state index contributed by atoms with van der Waals surface area (Å²) in [6.07, 6.45) is 2.32. The lowest BCUT2D eigenvalue weighted by Crippen LogP contribution is -2.07. The summed E-state index contributed by atoms with van der Waals surface area (Å²) in [5.74, 6) is 0. The molecular formula is C9H20O2. The summed E-state index contributed by atoms with van der Waals surface area (Å²) in [7, 11) is 1.64. The standard InChI is InChI=1S/C9H20O2/c1-9(2,3)6-5-7-11-8-10-4/h5-8H2,1-4H3. The first-order valence-electron chi connectivity index (χ1n) is 4.13. The first-order valence-corrected chi connectivity index (χ1v) is 4.13. The van der Waals surface area contributed by atoms with Gasteiger partial charge in [0, 0.05) is 13.7 Å². The molecule has 2 nitrogen and oxygen atoms in total. The normalized spacial score (nSPS) is 12.0. The molecule has 0 radical (unpaired) electrons. The van der Waals surface area contributed by atoms with Gasteiger partial charge in [-0.1, -0.05) is 20.8 Å². The molecule has 0 aromatic rings. The molecule has 0 aliphatic rings. The quantitative estimate of drug-likeness (QED) is 0.454. The van der Waals surface area contributed by atoms with Crippen LogP contribution in [-0.4, -0.2) is 20.5 Å². The number of ether oxygens (including phenoxy) is 2. The Morgan fingerprint density at radius 1 is 1.18 bits per heavy atom. The van der Waals surface area contributed by atoms with E-state index in [1.807, 2.05) is 0 Å². The van der Waals surface area contributed by atoms with Crippen LogP contribution >= 0.6 is 0 Å². The van der Waals surface area contributed by atoms with E-state index < -0.39 is 0 Å². The molecule has 11 heavy (non-hydrogen) atoms. The molecule has 68 valence electrons. The average Bonchev–Trinajstić information content (AvgIpc) is 1.85. The van der Waals surface area contributed by atoms with Gasteiger partial charge < -0.3 is 9.47 Å². The van der Waals surface area contributed by atoms with E-state index >= 15 is 0 Å². The van der Waals surface area contributed by atoms with Crippen LogP contribution in [0.3, 0.4) is 0 Å². The van der Waals surface area contributed by atoms with Gasteiger partial charge in [-0.25, -0.2) is 0 Å². The van der Waals surface area contributed by atoms with Crippen molar-refractivity contribution >= 4 is 0 Å². The van der Waals surface area contributed by atoms with Gasteiger partial charge in [0.1, 0.15) is 6.79 Å². The van der Waals surface area contributed by atoms with Crippen LogP contribution in [0, 0.1) is 5.41 Å². The third-order valence-corrected chi connectivity index (χ3v) is 1.42. The highest BCUT2D eigenvalue weighted by Gasteiger charge is 2.08. The molecule has 0 rings (SSSR count). The van der Waals surface area contributed by atoms with Crippen molar-refractivity contribution in [3.8, 4) is 0 Å². The molecule has 0 saturated heterocycles. The van der Waals surface area contributed by atoms with Gasteiger partial charge in [-0.15, -0.1) is 0 Å². The lowest BCUT2D eigenvalue weighted by molar-refractivity contribution is -0.0330. The number of methoxy groups -OCH3 is 1. The first-order chi connectivity index (χ1) is 5.06. The van der Waals surface area contributed by atoms with Crippen LogP contribution in [-0.2, 0) is 9.47 Å². The number of rotatable bonds is 5. The summed E-state index contributed by atoms with van der Waals surface area (Å²) in [5, 5.41) is 0. The Morgan fingerprint density at radius 3 is 2.27 bits per heavy atom. The lowest BCUT2D eigenvalue weighted by Gasteiger charge is -2.17. The average molecular weight is 160 g/mol. The highest BCUT2D eigenvalue weighted by Crippen LogP contribution is 2.20. The molecule has 0 atom stereocenters. The van der Waals surface area contributed by atoms with Gasteiger partial charge in [0.25, 0.3) is 0 Å². The summed E-state index contributed by atoms with van der Waals surface area (Å²) in [6.45, 7) is 7.95. The molecule has 0 aromatic carbocycles. The fraction of sp³-hybridized carbons (Fsp3) is 1.00. The summed E-state index contributed by atoms with van der Waals surface area (Å²) in [4.78, 5) is 0. The van der Waals surface area contributed by atoms with Gasteiger partial charge in [-0.05, 0) is 18.3 Å². The van der Waals surface area contributed by atoms with Gasteiger partial charge in [-0.3, -0.25) is 0 Å². The zero-order chi connectivity index (χ0) is 8.74. The van der Waals surface area contributed by atoms with E-state index in [9.17, 15) is 0 Å². The SMILES string of the molecule is COCOCCCC(C)(C)C. The van der Waals surface area contributed by atoms with Gasteiger partial charge in [0.2, 0.25) is 0 Å². The smallest absolute Gasteiger partial charge is 0.146 e. The van der Waals surface area contributed by atoms with Crippen LogP contribution in [0.2, 0.25) is 0 Å². The minimum atomic E-state index is 0.421. The summed E-state index contributed by atoms with van der Waals surface area (Å²) in [5.41, 5.74) is 0.427. The van der Waals surface area contributed by atoms with Crippen molar-refractivity contribution in [2.24, 2.45) is 5.41 Å². The highest BCUT2D eigenvalue weighted by molar-refractivity contribution is 4.60. The van der Waals surface area contributed by atoms with E-state index in [1.54, 1.807) is 7.11 Å². The highest BCUT2D eigenvalue weighted by atomic mass is 16.7. The Hall–Kier alpha value is -0.0800. The van der Waals surface area contributed by atoms with Crippen LogP contribution in [0.4, 0.5) is 0 Å². The predicted molar refractivity (Wildman–Crippen MR) is 46.5 cm³/mol. The zero-order valence-corrected chi connectivity index (χ0v) is 8.14. The summed E-state index contributed by atoms with van der Waals surface area (Å²) < 4.78 is 9.91. The molecule has 0 spiro atoms. The van der Waals surface area contributed by atoms with Crippen molar-refractivity contribution in [3.05, 3.63) is 0 Å². The van der Waals surface area contributed by atoms with Crippen molar-refractivity contribution in [2.45, 2.75) is 33.6 Å². The van der Waals surface area contributed by atoms with E-state index in [0.29, 0.717) is 12.2 Å². The van der Waals surface area contributed by atoms with E-state index in [-0.39, 0.29) is 0 Å².